The molecule has 2 fully saturated rings. The molecule has 1 aliphatic heterocycles. The van der Waals surface area contributed by atoms with E-state index < -0.39 is 6.09 Å². The molecule has 3 atom stereocenters. The van der Waals surface area contributed by atoms with E-state index in [4.69, 9.17) is 9.47 Å². The van der Waals surface area contributed by atoms with Crippen LogP contribution in [0.15, 0.2) is 0 Å². The molecule has 21 heavy (non-hydrogen) atoms. The Morgan fingerprint density at radius 1 is 1.48 bits per heavy atom. The van der Waals surface area contributed by atoms with Gasteiger partial charge in [0.15, 0.2) is 0 Å². The molecule has 0 aromatic carbocycles. The smallest absolute Gasteiger partial charge is 0.416 e. The monoisotopic (exact) mass is 297 g/mol. The molecular formula is C16H27NO4. The lowest BCUT2D eigenvalue weighted by Crippen LogP contribution is -2.45. The molecule has 2 aliphatic rings. The number of amides is 2. The lowest BCUT2D eigenvalue weighted by molar-refractivity contribution is -0.138. The molecule has 0 N–H and O–H groups in total. The van der Waals surface area contributed by atoms with Crippen molar-refractivity contribution in [1.82, 2.24) is 4.90 Å². The summed E-state index contributed by atoms with van der Waals surface area (Å²) in [4.78, 5) is 25.9. The molecule has 1 aliphatic carbocycles. The van der Waals surface area contributed by atoms with Crippen molar-refractivity contribution >= 4 is 12.0 Å². The van der Waals surface area contributed by atoms with Gasteiger partial charge < -0.3 is 9.47 Å². The number of methoxy groups -OCH3 is 1. The molecule has 0 radical (unpaired) electrons. The molecule has 0 spiro atoms. The lowest BCUT2D eigenvalue weighted by Gasteiger charge is -2.29. The fourth-order valence-corrected chi connectivity index (χ4v) is 3.01. The van der Waals surface area contributed by atoms with Crippen molar-refractivity contribution in [1.29, 1.82) is 0 Å². The van der Waals surface area contributed by atoms with Crippen molar-refractivity contribution in [2.24, 2.45) is 11.8 Å². The number of hydrogen-bond donors (Lipinski definition) is 0. The standard InChI is InChI=1S/C16H27NO4/c1-4-5-6-14(20-3)13(9-12-7-8-12)15(18)17-11(2)10-21-16(17)19/h11-14H,4-10H2,1-3H3/t11-,13-,14+/m1/s1. The van der Waals surface area contributed by atoms with Gasteiger partial charge in [-0.2, -0.15) is 0 Å². The Morgan fingerprint density at radius 2 is 2.19 bits per heavy atom. The summed E-state index contributed by atoms with van der Waals surface area (Å²) < 4.78 is 10.6. The zero-order valence-corrected chi connectivity index (χ0v) is 13.3. The van der Waals surface area contributed by atoms with Gasteiger partial charge in [0.25, 0.3) is 0 Å². The Morgan fingerprint density at radius 3 is 2.67 bits per heavy atom. The van der Waals surface area contributed by atoms with Crippen molar-refractivity contribution in [3.63, 3.8) is 0 Å². The molecule has 5 heteroatoms. The second-order valence-electron chi connectivity index (χ2n) is 6.34. The molecule has 5 nitrogen and oxygen atoms in total. The summed E-state index contributed by atoms with van der Waals surface area (Å²) in [6.45, 7) is 4.28. The Bertz CT molecular complexity index is 380. The predicted octanol–water partition coefficient (Wildman–Crippen LogP) is 2.98. The van der Waals surface area contributed by atoms with Crippen LogP contribution in [-0.2, 0) is 14.3 Å². The predicted molar refractivity (Wildman–Crippen MR) is 78.8 cm³/mol. The van der Waals surface area contributed by atoms with Crippen LogP contribution in [0.1, 0.15) is 52.4 Å². The van der Waals surface area contributed by atoms with Crippen LogP contribution in [0, 0.1) is 11.8 Å². The average Bonchev–Trinajstić information content (AvgIpc) is 3.22. The molecule has 0 aromatic rings. The third kappa shape index (κ3) is 3.96. The molecule has 0 aromatic heterocycles. The average molecular weight is 297 g/mol. The Balaban J connectivity index is 2.09. The van der Waals surface area contributed by atoms with E-state index in [1.807, 2.05) is 6.92 Å². The van der Waals surface area contributed by atoms with Gasteiger partial charge in [-0.25, -0.2) is 9.69 Å². The maximum atomic E-state index is 12.8. The van der Waals surface area contributed by atoms with Gasteiger partial charge in [0.1, 0.15) is 6.61 Å². The summed E-state index contributed by atoms with van der Waals surface area (Å²) in [5, 5.41) is 0. The van der Waals surface area contributed by atoms with E-state index in [1.54, 1.807) is 7.11 Å². The molecule has 1 heterocycles. The minimum Gasteiger partial charge on any atom is -0.447 e. The molecule has 1 saturated carbocycles. The van der Waals surface area contributed by atoms with Crippen LogP contribution in [0.3, 0.4) is 0 Å². The highest BCUT2D eigenvalue weighted by atomic mass is 16.6. The number of ether oxygens (including phenoxy) is 2. The zero-order valence-electron chi connectivity index (χ0n) is 13.3. The fourth-order valence-electron chi connectivity index (χ4n) is 3.01. The van der Waals surface area contributed by atoms with Crippen molar-refractivity contribution in [3.8, 4) is 0 Å². The Kier molecular flexibility index (Phi) is 5.62. The van der Waals surface area contributed by atoms with E-state index in [1.165, 1.54) is 17.7 Å². The van der Waals surface area contributed by atoms with Gasteiger partial charge >= 0.3 is 6.09 Å². The quantitative estimate of drug-likeness (QED) is 0.691. The largest absolute Gasteiger partial charge is 0.447 e. The normalized spacial score (nSPS) is 24.8. The first-order valence-electron chi connectivity index (χ1n) is 8.11. The first kappa shape index (κ1) is 16.3. The second-order valence-corrected chi connectivity index (χ2v) is 6.34. The maximum absolute atomic E-state index is 12.8. The van der Waals surface area contributed by atoms with Crippen LogP contribution >= 0.6 is 0 Å². The number of carbonyl (C=O) groups excluding carboxylic acids is 2. The number of hydrogen-bond acceptors (Lipinski definition) is 4. The fraction of sp³-hybridized carbons (Fsp3) is 0.875. The van der Waals surface area contributed by atoms with E-state index in [0.29, 0.717) is 12.5 Å². The van der Waals surface area contributed by atoms with Crippen LogP contribution in [0.2, 0.25) is 0 Å². The van der Waals surface area contributed by atoms with Gasteiger partial charge in [-0.1, -0.05) is 32.6 Å². The number of cyclic esters (lactones) is 1. The van der Waals surface area contributed by atoms with Gasteiger partial charge in [-0.15, -0.1) is 0 Å². The molecule has 0 unspecified atom stereocenters. The SMILES string of the molecule is CCCC[C@H](OC)[C@@H](CC1CC1)C(=O)N1C(=O)OC[C@H]1C. The van der Waals surface area contributed by atoms with E-state index in [9.17, 15) is 9.59 Å². The summed E-state index contributed by atoms with van der Waals surface area (Å²) in [7, 11) is 1.67. The zero-order chi connectivity index (χ0) is 15.4. The minimum atomic E-state index is -0.501. The first-order valence-corrected chi connectivity index (χ1v) is 8.11. The Hall–Kier alpha value is -1.10. The third-order valence-corrected chi connectivity index (χ3v) is 4.52. The highest BCUT2D eigenvalue weighted by Crippen LogP contribution is 2.38. The molecule has 0 bridgehead atoms. The summed E-state index contributed by atoms with van der Waals surface area (Å²) in [5.41, 5.74) is 0. The van der Waals surface area contributed by atoms with Crippen molar-refractivity contribution in [2.75, 3.05) is 13.7 Å². The van der Waals surface area contributed by atoms with Gasteiger partial charge in [0, 0.05) is 7.11 Å². The van der Waals surface area contributed by atoms with Gasteiger partial charge in [-0.3, -0.25) is 4.79 Å². The molecule has 2 amide bonds. The van der Waals surface area contributed by atoms with Crippen LogP contribution in [0.25, 0.3) is 0 Å². The molecule has 2 rings (SSSR count). The van der Waals surface area contributed by atoms with Crippen LogP contribution in [-0.4, -0.2) is 42.8 Å². The number of unbranched alkanes of at least 4 members (excludes halogenated alkanes) is 1. The summed E-state index contributed by atoms with van der Waals surface area (Å²) in [6, 6.07) is -0.171. The molecule has 1 saturated heterocycles. The highest BCUT2D eigenvalue weighted by Gasteiger charge is 2.43. The van der Waals surface area contributed by atoms with Crippen LogP contribution < -0.4 is 0 Å². The minimum absolute atomic E-state index is 0.0985. The van der Waals surface area contributed by atoms with Crippen molar-refractivity contribution in [3.05, 3.63) is 0 Å². The molecule has 120 valence electrons. The number of nitrogens with zero attached hydrogens (tertiary/aromatic N) is 1. The lowest BCUT2D eigenvalue weighted by atomic mass is 9.90. The first-order chi connectivity index (χ1) is 10.1. The Labute approximate surface area is 127 Å². The number of carbonyl (C=O) groups is 2. The molecular weight excluding hydrogens is 270 g/mol. The van der Waals surface area contributed by atoms with Gasteiger partial charge in [0.05, 0.1) is 18.1 Å². The number of rotatable bonds is 8. The second kappa shape index (κ2) is 7.25. The topological polar surface area (TPSA) is 55.8 Å². The van der Waals surface area contributed by atoms with E-state index >= 15 is 0 Å². The van der Waals surface area contributed by atoms with E-state index in [2.05, 4.69) is 6.92 Å². The van der Waals surface area contributed by atoms with Crippen LogP contribution in [0.5, 0.6) is 0 Å². The van der Waals surface area contributed by atoms with Crippen LogP contribution in [0.4, 0.5) is 4.79 Å². The van der Waals surface area contributed by atoms with Gasteiger partial charge in [0.2, 0.25) is 5.91 Å². The number of imide groups is 1. The van der Waals surface area contributed by atoms with E-state index in [-0.39, 0.29) is 24.0 Å². The van der Waals surface area contributed by atoms with Gasteiger partial charge in [-0.05, 0) is 25.7 Å². The summed E-state index contributed by atoms with van der Waals surface area (Å²) >= 11 is 0. The highest BCUT2D eigenvalue weighted by molar-refractivity contribution is 5.95. The third-order valence-electron chi connectivity index (χ3n) is 4.52. The van der Waals surface area contributed by atoms with Crippen molar-refractivity contribution in [2.45, 2.75) is 64.5 Å². The van der Waals surface area contributed by atoms with E-state index in [0.717, 1.165) is 25.7 Å². The van der Waals surface area contributed by atoms with Crippen molar-refractivity contribution < 1.29 is 19.1 Å². The summed E-state index contributed by atoms with van der Waals surface area (Å²) in [5.74, 6) is 0.286. The summed E-state index contributed by atoms with van der Waals surface area (Å²) in [6.07, 6.45) is 5.59. The maximum Gasteiger partial charge on any atom is 0.416 e.